The number of carbonyl (C=O) groups excluding carboxylic acids is 1. The van der Waals surface area contributed by atoms with E-state index in [2.05, 4.69) is 6.58 Å². The van der Waals surface area contributed by atoms with E-state index in [1.807, 2.05) is 19.1 Å². The van der Waals surface area contributed by atoms with Gasteiger partial charge in [-0.25, -0.2) is 8.42 Å². The van der Waals surface area contributed by atoms with Gasteiger partial charge in [-0.05, 0) is 36.6 Å². The van der Waals surface area contributed by atoms with Crippen molar-refractivity contribution in [1.82, 2.24) is 4.31 Å². The van der Waals surface area contributed by atoms with E-state index in [1.165, 1.54) is 4.31 Å². The maximum absolute atomic E-state index is 12.9. The first-order valence-electron chi connectivity index (χ1n) is 7.91. The molecule has 0 aromatic heterocycles. The van der Waals surface area contributed by atoms with Crippen LogP contribution in [0.3, 0.4) is 0 Å². The molecule has 0 unspecified atom stereocenters. The lowest BCUT2D eigenvalue weighted by Crippen LogP contribution is -2.30. The maximum atomic E-state index is 12.9. The number of hydrogen-bond donors (Lipinski definition) is 0. The molecule has 0 saturated carbocycles. The van der Waals surface area contributed by atoms with Crippen LogP contribution in [0.1, 0.15) is 27.9 Å². The number of carbonyl (C=O) groups is 1. The van der Waals surface area contributed by atoms with Gasteiger partial charge in [0.15, 0.2) is 0 Å². The summed E-state index contributed by atoms with van der Waals surface area (Å²) in [6, 6.07) is 13.9. The lowest BCUT2D eigenvalue weighted by molar-refractivity contribution is 0.112. The zero-order valence-corrected chi connectivity index (χ0v) is 14.8. The van der Waals surface area contributed by atoms with Crippen LogP contribution in [0.4, 0.5) is 0 Å². The van der Waals surface area contributed by atoms with E-state index in [0.29, 0.717) is 12.0 Å². The average Bonchev–Trinajstić information content (AvgIpc) is 2.61. The van der Waals surface area contributed by atoms with E-state index in [1.54, 1.807) is 42.6 Å². The Bertz CT molecular complexity index is 939. The number of aldehydes is 1. The Kier molecular flexibility index (Phi) is 4.59. The summed E-state index contributed by atoms with van der Waals surface area (Å²) in [5.41, 5.74) is 4.17. The van der Waals surface area contributed by atoms with Crippen LogP contribution in [0, 0.1) is 6.92 Å². The first kappa shape index (κ1) is 17.2. The largest absolute Gasteiger partial charge is 0.298 e. The SMILES string of the molecule is C=C1CC(c2ccc(C=O)cc2)=CN(S(=O)(=O)c2ccc(C)cc2)C1. The number of nitrogens with zero attached hydrogens (tertiary/aromatic N) is 1. The predicted octanol–water partition coefficient (Wildman–Crippen LogP) is 3.80. The Labute approximate surface area is 148 Å². The van der Waals surface area contributed by atoms with Gasteiger partial charge in [0.25, 0.3) is 10.0 Å². The van der Waals surface area contributed by atoms with Gasteiger partial charge in [0.2, 0.25) is 0 Å². The zero-order chi connectivity index (χ0) is 18.0. The molecule has 0 bridgehead atoms. The van der Waals surface area contributed by atoms with Crippen LogP contribution in [0.15, 0.2) is 71.8 Å². The molecular formula is C20H19NO3S. The molecule has 0 N–H and O–H groups in total. The molecule has 2 aromatic rings. The van der Waals surface area contributed by atoms with Crippen LogP contribution in [0.25, 0.3) is 5.57 Å². The third kappa shape index (κ3) is 3.56. The van der Waals surface area contributed by atoms with Crippen molar-refractivity contribution >= 4 is 21.9 Å². The topological polar surface area (TPSA) is 54.5 Å². The van der Waals surface area contributed by atoms with Crippen molar-refractivity contribution in [2.75, 3.05) is 6.54 Å². The number of sulfonamides is 1. The van der Waals surface area contributed by atoms with Gasteiger partial charge in [-0.3, -0.25) is 9.10 Å². The van der Waals surface area contributed by atoms with Crippen molar-refractivity contribution in [1.29, 1.82) is 0 Å². The van der Waals surface area contributed by atoms with Crippen molar-refractivity contribution in [2.45, 2.75) is 18.2 Å². The Hall–Kier alpha value is -2.66. The van der Waals surface area contributed by atoms with E-state index < -0.39 is 10.0 Å². The van der Waals surface area contributed by atoms with Crippen LogP contribution in [0.5, 0.6) is 0 Å². The highest BCUT2D eigenvalue weighted by Gasteiger charge is 2.26. The monoisotopic (exact) mass is 353 g/mol. The summed E-state index contributed by atoms with van der Waals surface area (Å²) in [6.45, 7) is 6.18. The first-order chi connectivity index (χ1) is 11.9. The molecule has 25 heavy (non-hydrogen) atoms. The van der Waals surface area contributed by atoms with Gasteiger partial charge in [0, 0.05) is 11.8 Å². The summed E-state index contributed by atoms with van der Waals surface area (Å²) in [5, 5.41) is 0. The molecule has 1 heterocycles. The molecule has 2 aromatic carbocycles. The van der Waals surface area contributed by atoms with Crippen molar-refractivity contribution < 1.29 is 13.2 Å². The van der Waals surface area contributed by atoms with E-state index in [9.17, 15) is 13.2 Å². The standard InChI is InChI=1S/C20H19NO3S/c1-15-3-9-20(10-4-15)25(23,24)21-12-16(2)11-19(13-21)18-7-5-17(14-22)6-8-18/h3-10,13-14H,2,11-12H2,1H3. The summed E-state index contributed by atoms with van der Waals surface area (Å²) >= 11 is 0. The van der Waals surface area contributed by atoms with Crippen molar-refractivity contribution in [2.24, 2.45) is 0 Å². The second-order valence-electron chi connectivity index (χ2n) is 6.18. The van der Waals surface area contributed by atoms with E-state index in [-0.39, 0.29) is 11.4 Å². The minimum absolute atomic E-state index is 0.264. The first-order valence-corrected chi connectivity index (χ1v) is 9.35. The van der Waals surface area contributed by atoms with Gasteiger partial charge in [-0.15, -0.1) is 0 Å². The molecule has 4 nitrogen and oxygen atoms in total. The zero-order valence-electron chi connectivity index (χ0n) is 14.0. The van der Waals surface area contributed by atoms with Gasteiger partial charge in [-0.2, -0.15) is 0 Å². The van der Waals surface area contributed by atoms with Crippen molar-refractivity contribution in [3.8, 4) is 0 Å². The number of allylic oxidation sites excluding steroid dienone is 1. The predicted molar refractivity (Wildman–Crippen MR) is 98.6 cm³/mol. The van der Waals surface area contributed by atoms with Crippen LogP contribution in [-0.4, -0.2) is 25.6 Å². The normalized spacial score (nSPS) is 15.0. The minimum Gasteiger partial charge on any atom is -0.298 e. The quantitative estimate of drug-likeness (QED) is 0.620. The molecule has 3 rings (SSSR count). The number of benzene rings is 2. The number of hydrogen-bond acceptors (Lipinski definition) is 3. The lowest BCUT2D eigenvalue weighted by atomic mass is 9.97. The second kappa shape index (κ2) is 6.69. The molecule has 0 amide bonds. The van der Waals surface area contributed by atoms with Crippen molar-refractivity contribution in [3.63, 3.8) is 0 Å². The summed E-state index contributed by atoms with van der Waals surface area (Å²) in [7, 11) is -3.63. The summed E-state index contributed by atoms with van der Waals surface area (Å²) in [4.78, 5) is 11.1. The van der Waals surface area contributed by atoms with Gasteiger partial charge in [0.1, 0.15) is 6.29 Å². The van der Waals surface area contributed by atoms with E-state index >= 15 is 0 Å². The molecule has 128 valence electrons. The fourth-order valence-corrected chi connectivity index (χ4v) is 4.13. The third-order valence-electron chi connectivity index (χ3n) is 4.16. The van der Waals surface area contributed by atoms with Crippen molar-refractivity contribution in [3.05, 3.63) is 83.6 Å². The van der Waals surface area contributed by atoms with Crippen LogP contribution >= 0.6 is 0 Å². The maximum Gasteiger partial charge on any atom is 0.264 e. The molecule has 5 heteroatoms. The minimum atomic E-state index is -3.63. The van der Waals surface area contributed by atoms with Crippen LogP contribution in [-0.2, 0) is 10.0 Å². The Morgan fingerprint density at radius 3 is 2.28 bits per heavy atom. The molecule has 1 aliphatic rings. The summed E-state index contributed by atoms with van der Waals surface area (Å²) in [5.74, 6) is 0. The smallest absolute Gasteiger partial charge is 0.264 e. The molecule has 0 saturated heterocycles. The summed E-state index contributed by atoms with van der Waals surface area (Å²) < 4.78 is 27.2. The van der Waals surface area contributed by atoms with Gasteiger partial charge in [-0.1, -0.05) is 54.1 Å². The van der Waals surface area contributed by atoms with Crippen LogP contribution in [0.2, 0.25) is 0 Å². The Morgan fingerprint density at radius 2 is 1.68 bits per heavy atom. The van der Waals surface area contributed by atoms with Gasteiger partial charge < -0.3 is 0 Å². The highest BCUT2D eigenvalue weighted by atomic mass is 32.2. The average molecular weight is 353 g/mol. The summed E-state index contributed by atoms with van der Waals surface area (Å²) in [6.07, 6.45) is 3.06. The highest BCUT2D eigenvalue weighted by Crippen LogP contribution is 2.30. The van der Waals surface area contributed by atoms with Gasteiger partial charge in [0.05, 0.1) is 11.4 Å². The Morgan fingerprint density at radius 1 is 1.04 bits per heavy atom. The number of aryl methyl sites for hydroxylation is 1. The van der Waals surface area contributed by atoms with E-state index in [0.717, 1.165) is 28.6 Å². The van der Waals surface area contributed by atoms with E-state index in [4.69, 9.17) is 0 Å². The molecule has 0 radical (unpaired) electrons. The third-order valence-corrected chi connectivity index (χ3v) is 5.88. The molecule has 1 aliphatic heterocycles. The molecule has 0 spiro atoms. The number of rotatable bonds is 4. The molecule has 0 fully saturated rings. The van der Waals surface area contributed by atoms with Gasteiger partial charge >= 0.3 is 0 Å². The molecular weight excluding hydrogens is 334 g/mol. The second-order valence-corrected chi connectivity index (χ2v) is 8.07. The fourth-order valence-electron chi connectivity index (χ4n) is 2.76. The lowest BCUT2D eigenvalue weighted by Gasteiger charge is -2.28. The Balaban J connectivity index is 1.99. The van der Waals surface area contributed by atoms with Crippen LogP contribution < -0.4 is 0 Å². The molecule has 0 atom stereocenters. The molecule has 0 aliphatic carbocycles. The highest BCUT2D eigenvalue weighted by molar-refractivity contribution is 7.89. The fraction of sp³-hybridized carbons (Fsp3) is 0.150.